The molecule has 0 heterocycles. The van der Waals surface area contributed by atoms with E-state index in [1.165, 1.54) is 6.42 Å². The van der Waals surface area contributed by atoms with Gasteiger partial charge in [0.05, 0.1) is 6.10 Å². The predicted octanol–water partition coefficient (Wildman–Crippen LogP) is 2.94. The van der Waals surface area contributed by atoms with Crippen molar-refractivity contribution in [2.75, 3.05) is 12.9 Å². The van der Waals surface area contributed by atoms with Crippen molar-refractivity contribution in [3.8, 4) is 0 Å². The van der Waals surface area contributed by atoms with Gasteiger partial charge in [-0.3, -0.25) is 0 Å². The van der Waals surface area contributed by atoms with Crippen molar-refractivity contribution in [1.82, 2.24) is 0 Å². The van der Waals surface area contributed by atoms with Crippen molar-refractivity contribution in [3.63, 3.8) is 0 Å². The molecule has 0 aliphatic rings. The largest absolute Gasteiger partial charge is 0.378 e. The predicted molar refractivity (Wildman–Crippen MR) is 53.3 cm³/mol. The SMILES string of the molecule is CCC(C)OCCC(C)SC. The summed E-state index contributed by atoms with van der Waals surface area (Å²) in [4.78, 5) is 0. The number of hydrogen-bond acceptors (Lipinski definition) is 2. The monoisotopic (exact) mass is 176 g/mol. The van der Waals surface area contributed by atoms with E-state index in [1.54, 1.807) is 0 Å². The normalized spacial score (nSPS) is 16.4. The first-order chi connectivity index (χ1) is 5.20. The maximum Gasteiger partial charge on any atom is 0.0544 e. The van der Waals surface area contributed by atoms with E-state index in [2.05, 4.69) is 27.0 Å². The van der Waals surface area contributed by atoms with E-state index in [0.29, 0.717) is 6.10 Å². The van der Waals surface area contributed by atoms with Crippen LogP contribution in [-0.2, 0) is 4.74 Å². The summed E-state index contributed by atoms with van der Waals surface area (Å²) in [6, 6.07) is 0. The molecular weight excluding hydrogens is 156 g/mol. The zero-order valence-electron chi connectivity index (χ0n) is 8.09. The van der Waals surface area contributed by atoms with Gasteiger partial charge >= 0.3 is 0 Å². The van der Waals surface area contributed by atoms with Crippen LogP contribution in [0.5, 0.6) is 0 Å². The highest BCUT2D eigenvalue weighted by atomic mass is 32.2. The van der Waals surface area contributed by atoms with E-state index < -0.39 is 0 Å². The molecular formula is C9H20OS. The maximum atomic E-state index is 5.55. The van der Waals surface area contributed by atoms with Crippen molar-refractivity contribution >= 4 is 11.8 Å². The molecule has 11 heavy (non-hydrogen) atoms. The van der Waals surface area contributed by atoms with Crippen LogP contribution in [0, 0.1) is 0 Å². The average Bonchev–Trinajstić information content (AvgIpc) is 2.04. The van der Waals surface area contributed by atoms with Gasteiger partial charge < -0.3 is 4.74 Å². The van der Waals surface area contributed by atoms with E-state index in [0.717, 1.165) is 18.3 Å². The Morgan fingerprint density at radius 3 is 2.45 bits per heavy atom. The van der Waals surface area contributed by atoms with E-state index in [4.69, 9.17) is 4.74 Å². The highest BCUT2D eigenvalue weighted by Gasteiger charge is 2.01. The van der Waals surface area contributed by atoms with Crippen LogP contribution in [-0.4, -0.2) is 24.2 Å². The summed E-state index contributed by atoms with van der Waals surface area (Å²) in [6.45, 7) is 7.44. The fourth-order valence-electron chi connectivity index (χ4n) is 0.671. The van der Waals surface area contributed by atoms with E-state index in [1.807, 2.05) is 11.8 Å². The zero-order valence-corrected chi connectivity index (χ0v) is 8.91. The van der Waals surface area contributed by atoms with Crippen LogP contribution in [0.2, 0.25) is 0 Å². The molecule has 0 fully saturated rings. The summed E-state index contributed by atoms with van der Waals surface area (Å²) in [6.07, 6.45) is 4.87. The van der Waals surface area contributed by atoms with Crippen LogP contribution >= 0.6 is 11.8 Å². The molecule has 68 valence electrons. The van der Waals surface area contributed by atoms with Crippen LogP contribution in [0.1, 0.15) is 33.6 Å². The van der Waals surface area contributed by atoms with Crippen LogP contribution in [0.25, 0.3) is 0 Å². The molecule has 2 atom stereocenters. The Morgan fingerprint density at radius 1 is 1.36 bits per heavy atom. The van der Waals surface area contributed by atoms with Gasteiger partial charge in [-0.15, -0.1) is 0 Å². The number of ether oxygens (including phenoxy) is 1. The molecule has 0 aromatic rings. The first-order valence-electron chi connectivity index (χ1n) is 4.35. The topological polar surface area (TPSA) is 9.23 Å². The molecule has 0 radical (unpaired) electrons. The van der Waals surface area contributed by atoms with Gasteiger partial charge in [0.1, 0.15) is 0 Å². The second kappa shape index (κ2) is 6.99. The molecule has 0 N–H and O–H groups in total. The van der Waals surface area contributed by atoms with Crippen molar-refractivity contribution in [1.29, 1.82) is 0 Å². The number of thioether (sulfide) groups is 1. The Hall–Kier alpha value is 0.310. The van der Waals surface area contributed by atoms with Crippen molar-refractivity contribution in [2.45, 2.75) is 45.0 Å². The molecule has 2 unspecified atom stereocenters. The molecule has 1 nitrogen and oxygen atoms in total. The molecule has 0 spiro atoms. The van der Waals surface area contributed by atoms with Gasteiger partial charge in [0.25, 0.3) is 0 Å². The van der Waals surface area contributed by atoms with Gasteiger partial charge in [0.2, 0.25) is 0 Å². The highest BCUT2D eigenvalue weighted by Crippen LogP contribution is 2.10. The van der Waals surface area contributed by atoms with Gasteiger partial charge in [0.15, 0.2) is 0 Å². The first kappa shape index (κ1) is 11.3. The minimum Gasteiger partial charge on any atom is -0.378 e. The van der Waals surface area contributed by atoms with Crippen molar-refractivity contribution in [2.24, 2.45) is 0 Å². The lowest BCUT2D eigenvalue weighted by atomic mass is 10.3. The summed E-state index contributed by atoms with van der Waals surface area (Å²) >= 11 is 1.90. The quantitative estimate of drug-likeness (QED) is 0.615. The molecule has 2 heteroatoms. The van der Waals surface area contributed by atoms with Crippen LogP contribution in [0.3, 0.4) is 0 Å². The molecule has 0 aromatic heterocycles. The third-order valence-corrected chi connectivity index (χ3v) is 2.94. The Labute approximate surface area is 74.9 Å². The smallest absolute Gasteiger partial charge is 0.0544 e. The van der Waals surface area contributed by atoms with Crippen LogP contribution in [0.15, 0.2) is 0 Å². The van der Waals surface area contributed by atoms with Gasteiger partial charge in [-0.25, -0.2) is 0 Å². The Morgan fingerprint density at radius 2 is 2.00 bits per heavy atom. The lowest BCUT2D eigenvalue weighted by molar-refractivity contribution is 0.0623. The second-order valence-electron chi connectivity index (χ2n) is 2.92. The van der Waals surface area contributed by atoms with E-state index in [-0.39, 0.29) is 0 Å². The lowest BCUT2D eigenvalue weighted by Gasteiger charge is -2.12. The molecule has 0 bridgehead atoms. The van der Waals surface area contributed by atoms with Gasteiger partial charge in [-0.1, -0.05) is 13.8 Å². The lowest BCUT2D eigenvalue weighted by Crippen LogP contribution is -2.10. The molecule has 0 aliphatic carbocycles. The standard InChI is InChI=1S/C9H20OS/c1-5-8(2)10-7-6-9(3)11-4/h8-9H,5-7H2,1-4H3. The van der Waals surface area contributed by atoms with Crippen LogP contribution < -0.4 is 0 Å². The summed E-state index contributed by atoms with van der Waals surface area (Å²) in [7, 11) is 0. The van der Waals surface area contributed by atoms with Gasteiger partial charge in [0, 0.05) is 11.9 Å². The number of hydrogen-bond donors (Lipinski definition) is 0. The first-order valence-corrected chi connectivity index (χ1v) is 5.63. The van der Waals surface area contributed by atoms with Gasteiger partial charge in [-0.05, 0) is 26.0 Å². The van der Waals surface area contributed by atoms with Crippen molar-refractivity contribution < 1.29 is 4.74 Å². The highest BCUT2D eigenvalue weighted by molar-refractivity contribution is 7.99. The third kappa shape index (κ3) is 6.70. The zero-order chi connectivity index (χ0) is 8.69. The number of rotatable bonds is 6. The summed E-state index contributed by atoms with van der Waals surface area (Å²) in [5.41, 5.74) is 0. The fourth-order valence-corrected chi connectivity index (χ4v) is 1.00. The summed E-state index contributed by atoms with van der Waals surface area (Å²) < 4.78 is 5.55. The molecule has 0 rings (SSSR count). The summed E-state index contributed by atoms with van der Waals surface area (Å²) in [5.74, 6) is 0. The minimum absolute atomic E-state index is 0.434. The summed E-state index contributed by atoms with van der Waals surface area (Å²) in [5, 5.41) is 0.735. The third-order valence-electron chi connectivity index (χ3n) is 1.90. The average molecular weight is 176 g/mol. The fraction of sp³-hybridized carbons (Fsp3) is 1.00. The Balaban J connectivity index is 3.13. The molecule has 0 saturated carbocycles. The van der Waals surface area contributed by atoms with E-state index in [9.17, 15) is 0 Å². The van der Waals surface area contributed by atoms with Crippen molar-refractivity contribution in [3.05, 3.63) is 0 Å². The molecule has 0 amide bonds. The second-order valence-corrected chi connectivity index (χ2v) is 4.20. The minimum atomic E-state index is 0.434. The van der Waals surface area contributed by atoms with E-state index >= 15 is 0 Å². The van der Waals surface area contributed by atoms with Crippen LogP contribution in [0.4, 0.5) is 0 Å². The Bertz CT molecular complexity index is 75.6. The van der Waals surface area contributed by atoms with Gasteiger partial charge in [-0.2, -0.15) is 11.8 Å². The molecule has 0 aliphatic heterocycles. The molecule has 0 saturated heterocycles. The molecule has 0 aromatic carbocycles. The Kier molecular flexibility index (Phi) is 7.18. The maximum absolute atomic E-state index is 5.55.